The van der Waals surface area contributed by atoms with Gasteiger partial charge in [-0.25, -0.2) is 0 Å². The van der Waals surface area contributed by atoms with Crippen LogP contribution in [0, 0.1) is 5.41 Å². The molecule has 4 heteroatoms. The molecule has 1 saturated heterocycles. The number of nitrogens with one attached hydrogen (secondary N) is 2. The Morgan fingerprint density at radius 3 is 2.49 bits per heavy atom. The molecule has 1 aromatic heterocycles. The van der Waals surface area contributed by atoms with Gasteiger partial charge in [-0.2, -0.15) is 0 Å². The first-order valence-electron chi connectivity index (χ1n) is 14.1. The minimum atomic E-state index is 0.318. The summed E-state index contributed by atoms with van der Waals surface area (Å²) in [7, 11) is 0. The molecule has 0 bridgehead atoms. The zero-order chi connectivity index (χ0) is 24.0. The van der Waals surface area contributed by atoms with E-state index >= 15 is 0 Å². The predicted octanol–water partition coefficient (Wildman–Crippen LogP) is 6.59. The predicted molar refractivity (Wildman–Crippen MR) is 147 cm³/mol. The molecule has 0 radical (unpaired) electrons. The molecular weight excluding hydrogens is 428 g/mol. The van der Waals surface area contributed by atoms with Gasteiger partial charge in [0.15, 0.2) is 0 Å². The number of hydrogen-bond acceptors (Lipinski definition) is 3. The Balaban J connectivity index is 1.26. The van der Waals surface area contributed by atoms with Gasteiger partial charge in [-0.15, -0.1) is 0 Å². The number of unbranched alkanes of at least 4 members (excludes halogenated alkanes) is 1. The average molecular weight is 471 g/mol. The number of fused-ring (bicyclic) bond motifs is 3. The molecule has 1 aliphatic carbocycles. The number of para-hydroxylation sites is 1. The Hall–Kier alpha value is -2.30. The Morgan fingerprint density at radius 1 is 1.00 bits per heavy atom. The van der Waals surface area contributed by atoms with Crippen LogP contribution >= 0.6 is 0 Å². The monoisotopic (exact) mass is 470 g/mol. The third-order valence-electron chi connectivity index (χ3n) is 9.41. The summed E-state index contributed by atoms with van der Waals surface area (Å²) in [6.07, 6.45) is 7.67. The topological polar surface area (TPSA) is 34.3 Å². The second-order valence-corrected chi connectivity index (χ2v) is 11.3. The standard InChI is InChI=1S/C31H42N4/c1-4-7-17-34-20-24(21-34)32-23-14-12-22(13-15-23)30-29-26(25-10-8-9-11-27(25)33-29)16-18-35(30)28-19-31(28,5-2)6-3/h8-15,24,28,30,32-33H,4-7,16-21H2,1-3H3. The van der Waals surface area contributed by atoms with Gasteiger partial charge in [-0.1, -0.05) is 57.5 Å². The molecule has 0 amide bonds. The van der Waals surface area contributed by atoms with Crippen LogP contribution < -0.4 is 5.32 Å². The fourth-order valence-electron chi connectivity index (χ4n) is 6.98. The van der Waals surface area contributed by atoms with Crippen molar-refractivity contribution < 1.29 is 0 Å². The van der Waals surface area contributed by atoms with Gasteiger partial charge in [0, 0.05) is 48.0 Å². The van der Waals surface area contributed by atoms with Crippen LogP contribution in [0.1, 0.15) is 75.7 Å². The molecule has 4 nitrogen and oxygen atoms in total. The van der Waals surface area contributed by atoms with Crippen LogP contribution in [0.2, 0.25) is 0 Å². The summed E-state index contributed by atoms with van der Waals surface area (Å²) in [5.74, 6) is 0. The summed E-state index contributed by atoms with van der Waals surface area (Å²) in [5, 5.41) is 5.18. The van der Waals surface area contributed by atoms with Gasteiger partial charge in [0.25, 0.3) is 0 Å². The maximum Gasteiger partial charge on any atom is 0.0760 e. The number of H-pyrrole nitrogens is 1. The van der Waals surface area contributed by atoms with Gasteiger partial charge in [0.1, 0.15) is 0 Å². The highest BCUT2D eigenvalue weighted by Gasteiger charge is 2.56. The molecule has 35 heavy (non-hydrogen) atoms. The Bertz CT molecular complexity index is 1150. The molecule has 186 valence electrons. The van der Waals surface area contributed by atoms with Gasteiger partial charge in [-0.3, -0.25) is 9.80 Å². The first-order chi connectivity index (χ1) is 17.2. The molecule has 1 saturated carbocycles. The molecule has 2 unspecified atom stereocenters. The molecule has 3 heterocycles. The van der Waals surface area contributed by atoms with E-state index in [1.54, 1.807) is 0 Å². The highest BCUT2D eigenvalue weighted by molar-refractivity contribution is 5.85. The highest BCUT2D eigenvalue weighted by atomic mass is 15.3. The lowest BCUT2D eigenvalue weighted by Crippen LogP contribution is -2.54. The van der Waals surface area contributed by atoms with E-state index in [2.05, 4.69) is 89.4 Å². The normalized spacial score (nSPS) is 24.3. The van der Waals surface area contributed by atoms with Crippen LogP contribution in [0.5, 0.6) is 0 Å². The number of aromatic amines is 1. The van der Waals surface area contributed by atoms with Crippen LogP contribution in [-0.4, -0.2) is 53.0 Å². The van der Waals surface area contributed by atoms with Crippen LogP contribution in [0.25, 0.3) is 10.9 Å². The van der Waals surface area contributed by atoms with Crippen molar-refractivity contribution in [2.45, 2.75) is 77.4 Å². The number of anilines is 1. The van der Waals surface area contributed by atoms with E-state index in [9.17, 15) is 0 Å². The summed E-state index contributed by atoms with van der Waals surface area (Å²) in [5.41, 5.74) is 7.44. The quantitative estimate of drug-likeness (QED) is 0.370. The summed E-state index contributed by atoms with van der Waals surface area (Å²) in [6, 6.07) is 19.9. The van der Waals surface area contributed by atoms with E-state index in [0.717, 1.165) is 13.0 Å². The first-order valence-corrected chi connectivity index (χ1v) is 14.1. The van der Waals surface area contributed by atoms with Crippen LogP contribution in [0.4, 0.5) is 5.69 Å². The van der Waals surface area contributed by atoms with Gasteiger partial charge < -0.3 is 10.3 Å². The zero-order valence-corrected chi connectivity index (χ0v) is 21.8. The summed E-state index contributed by atoms with van der Waals surface area (Å²) in [4.78, 5) is 9.27. The largest absolute Gasteiger partial charge is 0.380 e. The van der Waals surface area contributed by atoms with Crippen molar-refractivity contribution >= 4 is 16.6 Å². The average Bonchev–Trinajstić information content (AvgIpc) is 3.49. The summed E-state index contributed by atoms with van der Waals surface area (Å²) >= 11 is 0. The molecule has 2 N–H and O–H groups in total. The van der Waals surface area contributed by atoms with Crippen molar-refractivity contribution in [3.05, 3.63) is 65.4 Å². The van der Waals surface area contributed by atoms with Crippen molar-refractivity contribution in [3.8, 4) is 0 Å². The van der Waals surface area contributed by atoms with E-state index < -0.39 is 0 Å². The number of hydrogen-bond donors (Lipinski definition) is 2. The van der Waals surface area contributed by atoms with Crippen molar-refractivity contribution in [2.75, 3.05) is 31.5 Å². The second-order valence-electron chi connectivity index (χ2n) is 11.3. The van der Waals surface area contributed by atoms with Gasteiger partial charge in [0.2, 0.25) is 0 Å². The van der Waals surface area contributed by atoms with E-state index in [-0.39, 0.29) is 0 Å². The van der Waals surface area contributed by atoms with Gasteiger partial charge >= 0.3 is 0 Å². The summed E-state index contributed by atoms with van der Waals surface area (Å²) < 4.78 is 0. The Kier molecular flexibility index (Phi) is 6.14. The molecule has 6 rings (SSSR count). The first kappa shape index (κ1) is 23.1. The molecule has 2 aromatic carbocycles. The van der Waals surface area contributed by atoms with Crippen LogP contribution in [0.15, 0.2) is 48.5 Å². The lowest BCUT2D eigenvalue weighted by atomic mass is 9.90. The molecule has 3 aromatic rings. The van der Waals surface area contributed by atoms with Crippen LogP contribution in [-0.2, 0) is 6.42 Å². The van der Waals surface area contributed by atoms with E-state index in [1.807, 2.05) is 0 Å². The van der Waals surface area contributed by atoms with Crippen LogP contribution in [0.3, 0.4) is 0 Å². The number of benzene rings is 2. The van der Waals surface area contributed by atoms with Crippen molar-refractivity contribution in [3.63, 3.8) is 0 Å². The highest BCUT2D eigenvalue weighted by Crippen LogP contribution is 2.58. The molecule has 2 atom stereocenters. The number of aromatic nitrogens is 1. The number of rotatable bonds is 9. The van der Waals surface area contributed by atoms with Crippen molar-refractivity contribution in [1.29, 1.82) is 0 Å². The SMILES string of the molecule is CCCCN1CC(Nc2ccc(C3c4[nH]c5ccccc5c4CCN3C3CC3(CC)CC)cc2)C1. The zero-order valence-electron chi connectivity index (χ0n) is 21.8. The number of likely N-dealkylation sites (tertiary alicyclic amines) is 1. The lowest BCUT2D eigenvalue weighted by Gasteiger charge is -2.40. The third-order valence-corrected chi connectivity index (χ3v) is 9.41. The summed E-state index contributed by atoms with van der Waals surface area (Å²) in [6.45, 7) is 11.8. The Morgan fingerprint density at radius 2 is 1.77 bits per heavy atom. The fourth-order valence-corrected chi connectivity index (χ4v) is 6.98. The van der Waals surface area contributed by atoms with E-state index in [0.29, 0.717) is 23.5 Å². The van der Waals surface area contributed by atoms with Gasteiger partial charge in [0.05, 0.1) is 12.1 Å². The molecule has 2 fully saturated rings. The molecular formula is C31H42N4. The van der Waals surface area contributed by atoms with E-state index in [4.69, 9.17) is 0 Å². The molecule has 0 spiro atoms. The Labute approximate surface area is 211 Å². The van der Waals surface area contributed by atoms with Gasteiger partial charge in [-0.05, 0) is 73.4 Å². The third kappa shape index (κ3) is 4.09. The minimum absolute atomic E-state index is 0.318. The van der Waals surface area contributed by atoms with Crippen molar-refractivity contribution in [2.24, 2.45) is 5.41 Å². The van der Waals surface area contributed by atoms with Crippen molar-refractivity contribution in [1.82, 2.24) is 14.8 Å². The maximum absolute atomic E-state index is 3.86. The molecule has 3 aliphatic rings. The second kappa shape index (κ2) is 9.29. The lowest BCUT2D eigenvalue weighted by molar-refractivity contribution is 0.159. The molecule has 2 aliphatic heterocycles. The fraction of sp³-hybridized carbons (Fsp3) is 0.548. The maximum atomic E-state index is 3.86. The smallest absolute Gasteiger partial charge is 0.0760 e. The minimum Gasteiger partial charge on any atom is -0.380 e. The number of nitrogens with zero attached hydrogens (tertiary/aromatic N) is 2. The van der Waals surface area contributed by atoms with E-state index in [1.165, 1.54) is 85.1 Å².